The maximum absolute atomic E-state index is 11.3. The van der Waals surface area contributed by atoms with E-state index in [1.54, 1.807) is 6.92 Å². The maximum Gasteiger partial charge on any atom is 0.239 e. The molecule has 1 aromatic carbocycles. The summed E-state index contributed by atoms with van der Waals surface area (Å²) in [7, 11) is 1.83. The average molecular weight is 247 g/mol. The minimum absolute atomic E-state index is 0.653. The normalized spacial score (nSPS) is 13.9. The van der Waals surface area contributed by atoms with Crippen LogP contribution in [0.25, 0.3) is 0 Å². The van der Waals surface area contributed by atoms with Crippen LogP contribution < -0.4 is 0 Å². The van der Waals surface area contributed by atoms with Crippen molar-refractivity contribution in [3.8, 4) is 0 Å². The first-order valence-electron chi connectivity index (χ1n) is 4.74. The van der Waals surface area contributed by atoms with Gasteiger partial charge in [0.1, 0.15) is 0 Å². The van der Waals surface area contributed by atoms with Crippen LogP contribution in [0, 0.1) is 20.8 Å². The van der Waals surface area contributed by atoms with E-state index in [1.807, 2.05) is 32.9 Å². The summed E-state index contributed by atoms with van der Waals surface area (Å²) in [4.78, 5) is 0. The van der Waals surface area contributed by atoms with E-state index in [4.69, 9.17) is 10.7 Å². The van der Waals surface area contributed by atoms with Gasteiger partial charge in [0.25, 0.3) is 0 Å². The van der Waals surface area contributed by atoms with Crippen LogP contribution in [0.3, 0.4) is 0 Å². The maximum atomic E-state index is 11.3. The first-order valence-corrected chi connectivity index (χ1v) is 7.12. The lowest BCUT2D eigenvalue weighted by molar-refractivity contribution is 0.600. The Morgan fingerprint density at radius 3 is 1.87 bits per heavy atom. The Morgan fingerprint density at radius 2 is 1.53 bits per heavy atom. The second kappa shape index (κ2) is 4.14. The van der Waals surface area contributed by atoms with Crippen LogP contribution >= 0.6 is 10.7 Å². The molecule has 0 aliphatic carbocycles. The molecule has 0 heterocycles. The van der Waals surface area contributed by atoms with Crippen LogP contribution in [0.4, 0.5) is 0 Å². The highest BCUT2D eigenvalue weighted by Gasteiger charge is 2.23. The predicted octanol–water partition coefficient (Wildman–Crippen LogP) is 3.24. The molecule has 1 aromatic rings. The van der Waals surface area contributed by atoms with Gasteiger partial charge in [0.2, 0.25) is 9.05 Å². The monoisotopic (exact) mass is 246 g/mol. The van der Waals surface area contributed by atoms with Gasteiger partial charge in [0.05, 0.1) is 5.25 Å². The lowest BCUT2D eigenvalue weighted by atomic mass is 9.98. The summed E-state index contributed by atoms with van der Waals surface area (Å²) in [5.74, 6) is 0. The van der Waals surface area contributed by atoms with Crippen LogP contribution in [-0.4, -0.2) is 8.42 Å². The lowest BCUT2D eigenvalue weighted by Gasteiger charge is -2.15. The summed E-state index contributed by atoms with van der Waals surface area (Å²) in [6.07, 6.45) is 0. The highest BCUT2D eigenvalue weighted by Crippen LogP contribution is 2.30. The smallest absolute Gasteiger partial charge is 0.212 e. The lowest BCUT2D eigenvalue weighted by Crippen LogP contribution is -2.07. The van der Waals surface area contributed by atoms with Gasteiger partial charge < -0.3 is 0 Å². The summed E-state index contributed by atoms with van der Waals surface area (Å²) in [5, 5.41) is -0.653. The van der Waals surface area contributed by atoms with Gasteiger partial charge in [-0.25, -0.2) is 8.42 Å². The van der Waals surface area contributed by atoms with Crippen molar-refractivity contribution in [2.45, 2.75) is 32.9 Å². The van der Waals surface area contributed by atoms with Gasteiger partial charge in [-0.2, -0.15) is 0 Å². The van der Waals surface area contributed by atoms with E-state index in [0.29, 0.717) is 0 Å². The number of aryl methyl sites for hydroxylation is 3. The van der Waals surface area contributed by atoms with Crippen molar-refractivity contribution < 1.29 is 8.42 Å². The van der Waals surface area contributed by atoms with Crippen LogP contribution in [0.1, 0.15) is 34.4 Å². The number of hydrogen-bond acceptors (Lipinski definition) is 2. The van der Waals surface area contributed by atoms with E-state index in [0.717, 1.165) is 22.3 Å². The summed E-state index contributed by atoms with van der Waals surface area (Å²) in [6, 6.07) is 3.95. The number of halogens is 1. The minimum atomic E-state index is -3.54. The molecular formula is C11H15ClO2S. The van der Waals surface area contributed by atoms with Crippen molar-refractivity contribution in [1.29, 1.82) is 0 Å². The Kier molecular flexibility index (Phi) is 3.46. The third-order valence-electron chi connectivity index (χ3n) is 2.57. The molecule has 1 unspecified atom stereocenters. The van der Waals surface area contributed by atoms with Crippen LogP contribution in [0.15, 0.2) is 12.1 Å². The SMILES string of the molecule is Cc1cc(C)c(C(C)S(=O)(=O)Cl)c(C)c1. The van der Waals surface area contributed by atoms with Gasteiger partial charge in [-0.15, -0.1) is 0 Å². The first kappa shape index (κ1) is 12.5. The van der Waals surface area contributed by atoms with Gasteiger partial charge in [-0.05, 0) is 44.4 Å². The number of rotatable bonds is 2. The molecule has 0 saturated heterocycles. The van der Waals surface area contributed by atoms with Crippen LogP contribution in [0.5, 0.6) is 0 Å². The van der Waals surface area contributed by atoms with Gasteiger partial charge >= 0.3 is 0 Å². The van der Waals surface area contributed by atoms with E-state index in [-0.39, 0.29) is 0 Å². The Bertz CT molecular complexity index is 454. The van der Waals surface area contributed by atoms with Crippen molar-refractivity contribution in [2.24, 2.45) is 0 Å². The molecule has 0 N–H and O–H groups in total. The number of benzene rings is 1. The van der Waals surface area contributed by atoms with Crippen molar-refractivity contribution in [3.05, 3.63) is 34.4 Å². The van der Waals surface area contributed by atoms with Crippen molar-refractivity contribution in [1.82, 2.24) is 0 Å². The summed E-state index contributed by atoms with van der Waals surface area (Å²) < 4.78 is 22.6. The molecule has 0 amide bonds. The quantitative estimate of drug-likeness (QED) is 0.751. The molecule has 0 aliphatic rings. The Hall–Kier alpha value is -0.540. The third-order valence-corrected chi connectivity index (χ3v) is 4.45. The van der Waals surface area contributed by atoms with Crippen LogP contribution in [0.2, 0.25) is 0 Å². The fraction of sp³-hybridized carbons (Fsp3) is 0.455. The van der Waals surface area contributed by atoms with Gasteiger partial charge in [-0.1, -0.05) is 17.7 Å². The van der Waals surface area contributed by atoms with E-state index < -0.39 is 14.3 Å². The molecule has 84 valence electrons. The molecule has 1 rings (SSSR count). The zero-order valence-electron chi connectivity index (χ0n) is 9.33. The molecule has 0 bridgehead atoms. The Labute approximate surface area is 95.7 Å². The second-order valence-corrected chi connectivity index (χ2v) is 6.88. The van der Waals surface area contributed by atoms with E-state index in [1.165, 1.54) is 0 Å². The zero-order chi connectivity index (χ0) is 11.8. The van der Waals surface area contributed by atoms with Gasteiger partial charge in [0.15, 0.2) is 0 Å². The Morgan fingerprint density at radius 1 is 1.13 bits per heavy atom. The average Bonchev–Trinajstić information content (AvgIpc) is 1.99. The highest BCUT2D eigenvalue weighted by atomic mass is 35.7. The van der Waals surface area contributed by atoms with Crippen LogP contribution in [-0.2, 0) is 9.05 Å². The Balaban J connectivity index is 3.39. The topological polar surface area (TPSA) is 34.1 Å². The largest absolute Gasteiger partial charge is 0.239 e. The fourth-order valence-corrected chi connectivity index (χ4v) is 2.89. The second-order valence-electron chi connectivity index (χ2n) is 3.93. The minimum Gasteiger partial charge on any atom is -0.212 e. The van der Waals surface area contributed by atoms with E-state index >= 15 is 0 Å². The molecular weight excluding hydrogens is 232 g/mol. The molecule has 0 fully saturated rings. The number of hydrogen-bond donors (Lipinski definition) is 0. The molecule has 4 heteroatoms. The molecule has 1 atom stereocenters. The van der Waals surface area contributed by atoms with E-state index in [2.05, 4.69) is 0 Å². The van der Waals surface area contributed by atoms with Gasteiger partial charge in [0, 0.05) is 10.7 Å². The third kappa shape index (κ3) is 2.73. The molecule has 0 spiro atoms. The molecule has 0 aromatic heterocycles. The zero-order valence-corrected chi connectivity index (χ0v) is 10.9. The first-order chi connectivity index (χ1) is 6.73. The molecule has 2 nitrogen and oxygen atoms in total. The van der Waals surface area contributed by atoms with Crippen molar-refractivity contribution in [3.63, 3.8) is 0 Å². The van der Waals surface area contributed by atoms with Gasteiger partial charge in [-0.3, -0.25) is 0 Å². The van der Waals surface area contributed by atoms with Crippen molar-refractivity contribution >= 4 is 19.7 Å². The molecule has 0 saturated carbocycles. The summed E-state index contributed by atoms with van der Waals surface area (Å²) >= 11 is 0. The summed E-state index contributed by atoms with van der Waals surface area (Å²) in [5.41, 5.74) is 3.90. The molecule has 0 aliphatic heterocycles. The highest BCUT2D eigenvalue weighted by molar-refractivity contribution is 8.13. The predicted molar refractivity (Wildman–Crippen MR) is 63.8 cm³/mol. The molecule has 0 radical (unpaired) electrons. The fourth-order valence-electron chi connectivity index (χ4n) is 1.97. The summed E-state index contributed by atoms with van der Waals surface area (Å²) in [6.45, 7) is 7.43. The van der Waals surface area contributed by atoms with Crippen molar-refractivity contribution in [2.75, 3.05) is 0 Å². The standard InChI is InChI=1S/C11H15ClO2S/c1-7-5-8(2)11(9(3)6-7)10(4)15(12,13)14/h5-6,10H,1-4H3. The van der Waals surface area contributed by atoms with E-state index in [9.17, 15) is 8.42 Å². The molecule has 15 heavy (non-hydrogen) atoms.